The molecule has 1 fully saturated rings. The van der Waals surface area contributed by atoms with Crippen molar-refractivity contribution in [2.45, 2.75) is 22.5 Å². The summed E-state index contributed by atoms with van der Waals surface area (Å²) in [6, 6.07) is 8.50. The van der Waals surface area contributed by atoms with Crippen LogP contribution >= 0.6 is 31.0 Å². The predicted molar refractivity (Wildman–Crippen MR) is 116 cm³/mol. The van der Waals surface area contributed by atoms with Gasteiger partial charge in [0.1, 0.15) is 18.3 Å². The highest BCUT2D eigenvalue weighted by molar-refractivity contribution is 7.46. The van der Waals surface area contributed by atoms with E-state index in [0.29, 0.717) is 18.9 Å². The third-order valence-corrected chi connectivity index (χ3v) is 5.77. The Balaban J connectivity index is 1.83. The van der Waals surface area contributed by atoms with Crippen molar-refractivity contribution in [3.8, 4) is 11.1 Å². The third-order valence-electron chi connectivity index (χ3n) is 4.87. The average Bonchev–Trinajstić information content (AvgIpc) is 2.73. The Kier molecular flexibility index (Phi) is 7.90. The molecule has 0 saturated carbocycles. The van der Waals surface area contributed by atoms with Gasteiger partial charge in [0.25, 0.3) is 5.91 Å². The Morgan fingerprint density at radius 2 is 1.88 bits per heavy atom. The molecule has 1 aliphatic rings. The van der Waals surface area contributed by atoms with Crippen molar-refractivity contribution < 1.29 is 32.8 Å². The standard InChI is InChI=1S/C19H21Cl2FN3O6P/c20-17(21)18(26)25-14(7-22)16(31-32(27,28)29)12-3-1-11(2-4-12)13-5-6-15(24-8-13)19(23)9-30-10-19/h1-6,8,14,16-17H,7,9-10,23H2,(H,25,26)(H2,27,28,29). The van der Waals surface area contributed by atoms with Crippen LogP contribution in [0.2, 0.25) is 0 Å². The lowest BCUT2D eigenvalue weighted by Crippen LogP contribution is -2.54. The zero-order valence-corrected chi connectivity index (χ0v) is 18.9. The first-order valence-electron chi connectivity index (χ1n) is 9.34. The number of nitrogens with two attached hydrogens (primary N) is 1. The average molecular weight is 508 g/mol. The molecule has 0 bridgehead atoms. The number of hydrogen-bond donors (Lipinski definition) is 4. The lowest BCUT2D eigenvalue weighted by molar-refractivity contribution is -0.121. The molecular formula is C19H21Cl2FN3O6P. The summed E-state index contributed by atoms with van der Waals surface area (Å²) in [5.74, 6) is -0.924. The van der Waals surface area contributed by atoms with Gasteiger partial charge in [-0.1, -0.05) is 53.5 Å². The number of pyridine rings is 1. The number of ether oxygens (including phenoxy) is 1. The number of hydrogen-bond acceptors (Lipinski definition) is 6. The van der Waals surface area contributed by atoms with E-state index in [1.165, 1.54) is 12.1 Å². The highest BCUT2D eigenvalue weighted by atomic mass is 35.5. The van der Waals surface area contributed by atoms with E-state index in [9.17, 15) is 23.5 Å². The quantitative estimate of drug-likeness (QED) is 0.299. The highest BCUT2D eigenvalue weighted by Crippen LogP contribution is 2.44. The first kappa shape index (κ1) is 25.0. The van der Waals surface area contributed by atoms with Crippen molar-refractivity contribution in [1.29, 1.82) is 0 Å². The van der Waals surface area contributed by atoms with Crippen LogP contribution in [-0.2, 0) is 24.2 Å². The van der Waals surface area contributed by atoms with E-state index in [-0.39, 0.29) is 5.56 Å². The van der Waals surface area contributed by atoms with Gasteiger partial charge in [-0.15, -0.1) is 0 Å². The summed E-state index contributed by atoms with van der Waals surface area (Å²) in [4.78, 5) is 33.2. The molecule has 1 aromatic heterocycles. The fourth-order valence-electron chi connectivity index (χ4n) is 3.15. The summed E-state index contributed by atoms with van der Waals surface area (Å²) in [5, 5.41) is 2.19. The molecular weight excluding hydrogens is 487 g/mol. The van der Waals surface area contributed by atoms with Crippen molar-refractivity contribution >= 4 is 36.9 Å². The van der Waals surface area contributed by atoms with Gasteiger partial charge >= 0.3 is 7.82 Å². The van der Waals surface area contributed by atoms with Crippen LogP contribution in [0.1, 0.15) is 17.4 Å². The molecule has 32 heavy (non-hydrogen) atoms. The normalized spacial score (nSPS) is 17.5. The molecule has 1 saturated heterocycles. The number of rotatable bonds is 9. The van der Waals surface area contributed by atoms with Crippen LogP contribution in [0.3, 0.4) is 0 Å². The molecule has 1 aliphatic heterocycles. The maximum absolute atomic E-state index is 13.6. The number of carbonyl (C=O) groups excluding carboxylic acids is 1. The van der Waals surface area contributed by atoms with Crippen molar-refractivity contribution in [3.05, 3.63) is 53.9 Å². The molecule has 0 aliphatic carbocycles. The molecule has 9 nitrogen and oxygen atoms in total. The molecule has 3 rings (SSSR count). The summed E-state index contributed by atoms with van der Waals surface area (Å²) in [6.45, 7) is -0.389. The highest BCUT2D eigenvalue weighted by Gasteiger charge is 2.37. The molecule has 1 aromatic carbocycles. The molecule has 13 heteroatoms. The Labute approximate surface area is 193 Å². The first-order chi connectivity index (χ1) is 15.0. The predicted octanol–water partition coefficient (Wildman–Crippen LogP) is 2.34. The van der Waals surface area contributed by atoms with Crippen LogP contribution in [0.5, 0.6) is 0 Å². The number of phosphoric acid groups is 1. The molecule has 1 amide bonds. The van der Waals surface area contributed by atoms with Crippen LogP contribution in [0.4, 0.5) is 4.39 Å². The van der Waals surface area contributed by atoms with E-state index in [1.54, 1.807) is 24.4 Å². The Morgan fingerprint density at radius 3 is 2.31 bits per heavy atom. The first-order valence-corrected chi connectivity index (χ1v) is 11.7. The van der Waals surface area contributed by atoms with Gasteiger partial charge in [0, 0.05) is 11.8 Å². The number of nitrogens with one attached hydrogen (secondary N) is 1. The van der Waals surface area contributed by atoms with Crippen molar-refractivity contribution in [2.75, 3.05) is 19.9 Å². The van der Waals surface area contributed by atoms with Gasteiger partial charge < -0.3 is 25.6 Å². The maximum atomic E-state index is 13.6. The Hall–Kier alpha value is -1.62. The van der Waals surface area contributed by atoms with Gasteiger partial charge in [-0.05, 0) is 17.2 Å². The number of benzene rings is 1. The second kappa shape index (κ2) is 10.1. The van der Waals surface area contributed by atoms with Gasteiger partial charge in [-0.25, -0.2) is 8.96 Å². The summed E-state index contributed by atoms with van der Waals surface area (Å²) < 4.78 is 35.0. The van der Waals surface area contributed by atoms with E-state index >= 15 is 0 Å². The minimum Gasteiger partial charge on any atom is -0.377 e. The lowest BCUT2D eigenvalue weighted by atomic mass is 9.93. The summed E-state index contributed by atoms with van der Waals surface area (Å²) >= 11 is 10.9. The van der Waals surface area contributed by atoms with Crippen molar-refractivity contribution in [1.82, 2.24) is 10.3 Å². The molecule has 0 spiro atoms. The van der Waals surface area contributed by atoms with E-state index in [0.717, 1.165) is 11.1 Å². The van der Waals surface area contributed by atoms with Gasteiger partial charge in [0.05, 0.1) is 24.9 Å². The van der Waals surface area contributed by atoms with Crippen LogP contribution in [0.15, 0.2) is 42.6 Å². The third kappa shape index (κ3) is 6.03. The van der Waals surface area contributed by atoms with Gasteiger partial charge in [0.15, 0.2) is 4.84 Å². The summed E-state index contributed by atoms with van der Waals surface area (Å²) in [7, 11) is -5.03. The SMILES string of the molecule is NC1(c2ccc(-c3ccc(C(OP(=O)(O)O)C(CF)NC(=O)C(Cl)Cl)cc3)cn2)COC1. The maximum Gasteiger partial charge on any atom is 0.470 e. The van der Waals surface area contributed by atoms with Crippen LogP contribution in [0, 0.1) is 0 Å². The van der Waals surface area contributed by atoms with Gasteiger partial charge in [-0.2, -0.15) is 0 Å². The molecule has 5 N–H and O–H groups in total. The molecule has 0 radical (unpaired) electrons. The fourth-order valence-corrected chi connectivity index (χ4v) is 3.84. The number of aromatic nitrogens is 1. The van der Waals surface area contributed by atoms with Gasteiger partial charge in [-0.3, -0.25) is 14.3 Å². The van der Waals surface area contributed by atoms with E-state index in [2.05, 4.69) is 10.3 Å². The summed E-state index contributed by atoms with van der Waals surface area (Å²) in [6.07, 6.45) is 0.147. The Bertz CT molecular complexity index is 986. The largest absolute Gasteiger partial charge is 0.470 e. The van der Waals surface area contributed by atoms with E-state index in [1.807, 2.05) is 6.07 Å². The Morgan fingerprint density at radius 1 is 1.25 bits per heavy atom. The second-order valence-corrected chi connectivity index (χ2v) is 9.58. The van der Waals surface area contributed by atoms with E-state index < -0.39 is 42.9 Å². The zero-order chi connectivity index (χ0) is 23.5. The minimum absolute atomic E-state index is 0.220. The second-order valence-electron chi connectivity index (χ2n) is 7.29. The fraction of sp³-hybridized carbons (Fsp3) is 0.368. The van der Waals surface area contributed by atoms with Gasteiger partial charge in [0.2, 0.25) is 0 Å². The molecule has 2 unspecified atom stereocenters. The lowest BCUT2D eigenvalue weighted by Gasteiger charge is -2.37. The van der Waals surface area contributed by atoms with Crippen molar-refractivity contribution in [2.24, 2.45) is 5.73 Å². The number of amides is 1. The molecule has 2 heterocycles. The minimum atomic E-state index is -5.03. The summed E-state index contributed by atoms with van der Waals surface area (Å²) in [5.41, 5.74) is 8.00. The molecule has 2 aromatic rings. The number of phosphoric ester groups is 1. The zero-order valence-electron chi connectivity index (χ0n) is 16.5. The number of nitrogens with zero attached hydrogens (tertiary/aromatic N) is 1. The van der Waals surface area contributed by atoms with Crippen molar-refractivity contribution in [3.63, 3.8) is 0 Å². The monoisotopic (exact) mass is 507 g/mol. The van der Waals surface area contributed by atoms with Crippen LogP contribution in [-0.4, -0.2) is 51.4 Å². The number of carbonyl (C=O) groups is 1. The molecule has 2 atom stereocenters. The van der Waals surface area contributed by atoms with Crippen LogP contribution < -0.4 is 11.1 Å². The topological polar surface area (TPSA) is 144 Å². The molecule has 174 valence electrons. The number of alkyl halides is 3. The van der Waals surface area contributed by atoms with Crippen LogP contribution in [0.25, 0.3) is 11.1 Å². The van der Waals surface area contributed by atoms with E-state index in [4.69, 9.17) is 38.2 Å². The number of halogens is 3. The smallest absolute Gasteiger partial charge is 0.377 e.